The van der Waals surface area contributed by atoms with E-state index in [1.807, 2.05) is 0 Å². The number of hydrogen-bond acceptors (Lipinski definition) is 3. The van der Waals surface area contributed by atoms with E-state index in [4.69, 9.17) is 5.73 Å². The Balaban J connectivity index is 2.05. The summed E-state index contributed by atoms with van der Waals surface area (Å²) in [5.74, 6) is -2.25. The highest BCUT2D eigenvalue weighted by molar-refractivity contribution is 7.99. The summed E-state index contributed by atoms with van der Waals surface area (Å²) in [5, 5.41) is 3.38. The van der Waals surface area contributed by atoms with Gasteiger partial charge in [0.05, 0.1) is 0 Å². The molecule has 0 saturated heterocycles. The number of benzene rings is 1. The van der Waals surface area contributed by atoms with E-state index in [2.05, 4.69) is 11.6 Å². The van der Waals surface area contributed by atoms with Gasteiger partial charge in [-0.25, -0.2) is 8.78 Å². The Morgan fingerprint density at radius 1 is 1.35 bits per heavy atom. The maximum absolute atomic E-state index is 13.3. The molecule has 110 valence electrons. The molecule has 1 aliphatic carbocycles. The number of halogens is 2. The van der Waals surface area contributed by atoms with Crippen LogP contribution in [0.3, 0.4) is 0 Å². The van der Waals surface area contributed by atoms with Crippen LogP contribution in [0, 0.1) is 11.6 Å². The standard InChI is InChI=1S/C14H18F2N2OS/c1-20-10-4-2-3-9(7-10)18-14(19)8-5-11(15)13(17)12(16)6-8/h5-6,9-10H,2-4,7,17H2,1H3,(H,18,19). The lowest BCUT2D eigenvalue weighted by Gasteiger charge is -2.28. The van der Waals surface area contributed by atoms with Crippen molar-refractivity contribution in [2.24, 2.45) is 0 Å². The lowest BCUT2D eigenvalue weighted by Crippen LogP contribution is -2.39. The number of rotatable bonds is 3. The molecule has 1 aromatic carbocycles. The first kappa shape index (κ1) is 15.1. The highest BCUT2D eigenvalue weighted by Gasteiger charge is 2.23. The summed E-state index contributed by atoms with van der Waals surface area (Å²) in [6, 6.07) is 2.02. The lowest BCUT2D eigenvalue weighted by molar-refractivity contribution is 0.0927. The molecule has 0 radical (unpaired) electrons. The second-order valence-corrected chi connectivity index (χ2v) is 6.19. The van der Waals surface area contributed by atoms with Crippen molar-refractivity contribution >= 4 is 23.4 Å². The van der Waals surface area contributed by atoms with Gasteiger partial charge in [0.2, 0.25) is 0 Å². The first-order valence-corrected chi connectivity index (χ1v) is 7.88. The Morgan fingerprint density at radius 3 is 2.60 bits per heavy atom. The molecule has 0 aliphatic heterocycles. The van der Waals surface area contributed by atoms with Crippen LogP contribution in [0.5, 0.6) is 0 Å². The third-order valence-corrected chi connectivity index (χ3v) is 4.73. The second-order valence-electron chi connectivity index (χ2n) is 5.05. The summed E-state index contributed by atoms with van der Waals surface area (Å²) >= 11 is 1.79. The summed E-state index contributed by atoms with van der Waals surface area (Å²) in [4.78, 5) is 12.0. The van der Waals surface area contributed by atoms with Crippen LogP contribution in [-0.4, -0.2) is 23.5 Å². The average Bonchev–Trinajstić information content (AvgIpc) is 2.44. The monoisotopic (exact) mass is 300 g/mol. The largest absolute Gasteiger partial charge is 0.394 e. The van der Waals surface area contributed by atoms with Gasteiger partial charge in [0.15, 0.2) is 0 Å². The fourth-order valence-corrected chi connectivity index (χ4v) is 3.30. The SMILES string of the molecule is CSC1CCCC(NC(=O)c2cc(F)c(N)c(F)c2)C1. The minimum absolute atomic E-state index is 0.0273. The van der Waals surface area contributed by atoms with Gasteiger partial charge < -0.3 is 11.1 Å². The molecule has 2 unspecified atom stereocenters. The molecular weight excluding hydrogens is 282 g/mol. The van der Waals surface area contributed by atoms with Crippen molar-refractivity contribution in [1.82, 2.24) is 5.32 Å². The molecule has 2 atom stereocenters. The second kappa shape index (κ2) is 6.43. The van der Waals surface area contributed by atoms with Crippen molar-refractivity contribution in [3.8, 4) is 0 Å². The molecule has 1 aliphatic rings. The van der Waals surface area contributed by atoms with E-state index in [1.54, 1.807) is 11.8 Å². The minimum Gasteiger partial charge on any atom is -0.394 e. The van der Waals surface area contributed by atoms with Crippen LogP contribution in [0.4, 0.5) is 14.5 Å². The molecule has 20 heavy (non-hydrogen) atoms. The molecule has 0 spiro atoms. The molecule has 0 heterocycles. The van der Waals surface area contributed by atoms with Gasteiger partial charge >= 0.3 is 0 Å². The molecule has 1 fully saturated rings. The molecule has 3 nitrogen and oxygen atoms in total. The van der Waals surface area contributed by atoms with Gasteiger partial charge in [-0.15, -0.1) is 0 Å². The van der Waals surface area contributed by atoms with Crippen LogP contribution in [0.15, 0.2) is 12.1 Å². The molecule has 0 aromatic heterocycles. The van der Waals surface area contributed by atoms with Gasteiger partial charge in [0.25, 0.3) is 5.91 Å². The van der Waals surface area contributed by atoms with Crippen molar-refractivity contribution in [3.05, 3.63) is 29.3 Å². The van der Waals surface area contributed by atoms with E-state index in [9.17, 15) is 13.6 Å². The summed E-state index contributed by atoms with van der Waals surface area (Å²) in [6.07, 6.45) is 6.06. The molecule has 6 heteroatoms. The van der Waals surface area contributed by atoms with E-state index in [0.717, 1.165) is 37.8 Å². The molecule has 1 saturated carbocycles. The smallest absolute Gasteiger partial charge is 0.251 e. The van der Waals surface area contributed by atoms with Crippen LogP contribution in [-0.2, 0) is 0 Å². The van der Waals surface area contributed by atoms with Crippen LogP contribution < -0.4 is 11.1 Å². The highest BCUT2D eigenvalue weighted by Crippen LogP contribution is 2.27. The summed E-state index contributed by atoms with van der Waals surface area (Å²) in [7, 11) is 0. The zero-order valence-electron chi connectivity index (χ0n) is 11.3. The van der Waals surface area contributed by atoms with E-state index in [0.29, 0.717) is 5.25 Å². The fraction of sp³-hybridized carbons (Fsp3) is 0.500. The number of thioether (sulfide) groups is 1. The zero-order valence-corrected chi connectivity index (χ0v) is 12.1. The third-order valence-electron chi connectivity index (χ3n) is 3.64. The van der Waals surface area contributed by atoms with Gasteiger partial charge in [0, 0.05) is 16.9 Å². The van der Waals surface area contributed by atoms with Crippen LogP contribution in [0.1, 0.15) is 36.0 Å². The quantitative estimate of drug-likeness (QED) is 0.844. The fourth-order valence-electron chi connectivity index (χ4n) is 2.47. The van der Waals surface area contributed by atoms with Crippen molar-refractivity contribution in [1.29, 1.82) is 0 Å². The number of nitrogens with two attached hydrogens (primary N) is 1. The summed E-state index contributed by atoms with van der Waals surface area (Å²) < 4.78 is 26.7. The Labute approximate surface area is 121 Å². The van der Waals surface area contributed by atoms with Crippen molar-refractivity contribution in [2.75, 3.05) is 12.0 Å². The van der Waals surface area contributed by atoms with Gasteiger partial charge in [0.1, 0.15) is 17.3 Å². The minimum atomic E-state index is -0.902. The first-order chi connectivity index (χ1) is 9.51. The number of anilines is 1. The van der Waals surface area contributed by atoms with Crippen LogP contribution >= 0.6 is 11.8 Å². The number of nitrogen functional groups attached to an aromatic ring is 1. The first-order valence-electron chi connectivity index (χ1n) is 6.59. The van der Waals surface area contributed by atoms with Gasteiger partial charge in [-0.05, 0) is 37.7 Å². The molecule has 1 amide bonds. The summed E-state index contributed by atoms with van der Waals surface area (Å²) in [6.45, 7) is 0. The predicted octanol–water partition coefficient (Wildman–Crippen LogP) is 2.95. The van der Waals surface area contributed by atoms with Crippen LogP contribution in [0.2, 0.25) is 0 Å². The maximum atomic E-state index is 13.3. The Bertz CT molecular complexity index is 487. The van der Waals surface area contributed by atoms with E-state index in [-0.39, 0.29) is 11.6 Å². The average molecular weight is 300 g/mol. The zero-order chi connectivity index (χ0) is 14.7. The van der Waals surface area contributed by atoms with Gasteiger partial charge in [-0.3, -0.25) is 4.79 Å². The number of carbonyl (C=O) groups excluding carboxylic acids is 1. The number of nitrogens with one attached hydrogen (secondary N) is 1. The Morgan fingerprint density at radius 2 is 2.00 bits per heavy atom. The van der Waals surface area contributed by atoms with Crippen molar-refractivity contribution < 1.29 is 13.6 Å². The topological polar surface area (TPSA) is 55.1 Å². The molecule has 2 rings (SSSR count). The summed E-state index contributed by atoms with van der Waals surface area (Å²) in [5.41, 5.74) is 4.61. The third kappa shape index (κ3) is 3.42. The molecule has 3 N–H and O–H groups in total. The molecular formula is C14H18F2N2OS. The van der Waals surface area contributed by atoms with Crippen LogP contribution in [0.25, 0.3) is 0 Å². The normalized spacial score (nSPS) is 22.6. The Kier molecular flexibility index (Phi) is 4.86. The Hall–Kier alpha value is -1.30. The predicted molar refractivity (Wildman–Crippen MR) is 77.8 cm³/mol. The molecule has 1 aromatic rings. The van der Waals surface area contributed by atoms with Crippen molar-refractivity contribution in [3.63, 3.8) is 0 Å². The van der Waals surface area contributed by atoms with Crippen molar-refractivity contribution in [2.45, 2.75) is 37.0 Å². The van der Waals surface area contributed by atoms with E-state index < -0.39 is 23.2 Å². The number of amides is 1. The number of hydrogen-bond donors (Lipinski definition) is 2. The molecule has 0 bridgehead atoms. The van der Waals surface area contributed by atoms with E-state index >= 15 is 0 Å². The maximum Gasteiger partial charge on any atom is 0.251 e. The van der Waals surface area contributed by atoms with Gasteiger partial charge in [-0.2, -0.15) is 11.8 Å². The lowest BCUT2D eigenvalue weighted by atomic mass is 9.94. The van der Waals surface area contributed by atoms with E-state index in [1.165, 1.54) is 0 Å². The highest BCUT2D eigenvalue weighted by atomic mass is 32.2. The number of carbonyl (C=O) groups is 1. The van der Waals surface area contributed by atoms with Gasteiger partial charge in [-0.1, -0.05) is 6.42 Å².